The van der Waals surface area contributed by atoms with E-state index < -0.39 is 0 Å². The zero-order valence-corrected chi connectivity index (χ0v) is 10.1. The van der Waals surface area contributed by atoms with E-state index in [1.165, 1.54) is 0 Å². The first-order chi connectivity index (χ1) is 6.69. The summed E-state index contributed by atoms with van der Waals surface area (Å²) in [6, 6.07) is 0. The maximum atomic E-state index is 11.5. The molecule has 14 heavy (non-hydrogen) atoms. The van der Waals surface area contributed by atoms with E-state index in [1.54, 1.807) is 0 Å². The number of hydrogen-bond donors (Lipinski definition) is 1. The van der Waals surface area contributed by atoms with Gasteiger partial charge in [0.05, 0.1) is 12.7 Å². The van der Waals surface area contributed by atoms with Crippen LogP contribution in [0.1, 0.15) is 26.7 Å². The normalized spacial score (nSPS) is 24.4. The van der Waals surface area contributed by atoms with Gasteiger partial charge in [0.1, 0.15) is 0 Å². The van der Waals surface area contributed by atoms with Crippen LogP contribution < -0.4 is 5.32 Å². The minimum absolute atomic E-state index is 0.255. The Morgan fingerprint density at radius 1 is 1.71 bits per heavy atom. The highest BCUT2D eigenvalue weighted by Crippen LogP contribution is 2.14. The first-order valence-corrected chi connectivity index (χ1v) is 6.53. The molecule has 4 heteroatoms. The third kappa shape index (κ3) is 2.89. The van der Waals surface area contributed by atoms with Crippen LogP contribution >= 0.6 is 11.8 Å². The van der Waals surface area contributed by atoms with Crippen LogP contribution in [0.5, 0.6) is 0 Å². The van der Waals surface area contributed by atoms with Crippen molar-refractivity contribution in [2.24, 2.45) is 0 Å². The van der Waals surface area contributed by atoms with Gasteiger partial charge in [0.2, 0.25) is 5.91 Å². The quantitative estimate of drug-likeness (QED) is 0.752. The van der Waals surface area contributed by atoms with Crippen molar-refractivity contribution >= 4 is 17.7 Å². The standard InChI is InChI=1S/C10H20N2OS/c1-4-9-11-7-10(13)12(9)6-5-8(2)14-3/h8-9,11H,4-7H2,1-3H3. The van der Waals surface area contributed by atoms with Crippen molar-refractivity contribution in [3.8, 4) is 0 Å². The Balaban J connectivity index is 2.37. The van der Waals surface area contributed by atoms with E-state index in [4.69, 9.17) is 0 Å². The molecule has 0 spiro atoms. The maximum absolute atomic E-state index is 11.5. The molecular formula is C10H20N2OS. The highest BCUT2D eigenvalue weighted by molar-refractivity contribution is 7.99. The summed E-state index contributed by atoms with van der Waals surface area (Å²) in [6.45, 7) is 5.74. The number of rotatable bonds is 5. The van der Waals surface area contributed by atoms with Gasteiger partial charge in [0.25, 0.3) is 0 Å². The summed E-state index contributed by atoms with van der Waals surface area (Å²) in [5.41, 5.74) is 0. The molecule has 0 radical (unpaired) electrons. The lowest BCUT2D eigenvalue weighted by Gasteiger charge is -2.24. The molecule has 0 saturated carbocycles. The van der Waals surface area contributed by atoms with Crippen LogP contribution in [-0.4, -0.2) is 41.6 Å². The van der Waals surface area contributed by atoms with Crippen LogP contribution in [-0.2, 0) is 4.79 Å². The van der Waals surface area contributed by atoms with E-state index in [9.17, 15) is 4.79 Å². The molecule has 1 fully saturated rings. The number of carbonyl (C=O) groups is 1. The summed E-state index contributed by atoms with van der Waals surface area (Å²) in [5.74, 6) is 0.255. The largest absolute Gasteiger partial charge is 0.326 e. The highest BCUT2D eigenvalue weighted by atomic mass is 32.2. The number of carbonyl (C=O) groups excluding carboxylic acids is 1. The van der Waals surface area contributed by atoms with Crippen LogP contribution in [0, 0.1) is 0 Å². The van der Waals surface area contributed by atoms with Crippen LogP contribution in [0.25, 0.3) is 0 Å². The lowest BCUT2D eigenvalue weighted by atomic mass is 10.3. The monoisotopic (exact) mass is 216 g/mol. The van der Waals surface area contributed by atoms with Crippen LogP contribution in [0.3, 0.4) is 0 Å². The van der Waals surface area contributed by atoms with Gasteiger partial charge in [-0.15, -0.1) is 0 Å². The van der Waals surface area contributed by atoms with Crippen molar-refractivity contribution in [1.29, 1.82) is 0 Å². The molecule has 1 heterocycles. The second-order valence-electron chi connectivity index (χ2n) is 3.73. The minimum Gasteiger partial charge on any atom is -0.326 e. The zero-order chi connectivity index (χ0) is 10.6. The van der Waals surface area contributed by atoms with Crippen molar-refractivity contribution in [2.45, 2.75) is 38.1 Å². The predicted molar refractivity (Wildman–Crippen MR) is 61.4 cm³/mol. The van der Waals surface area contributed by atoms with E-state index in [1.807, 2.05) is 16.7 Å². The maximum Gasteiger partial charge on any atom is 0.237 e. The van der Waals surface area contributed by atoms with Gasteiger partial charge in [-0.3, -0.25) is 10.1 Å². The number of thioether (sulfide) groups is 1. The molecule has 82 valence electrons. The van der Waals surface area contributed by atoms with Crippen molar-refractivity contribution in [1.82, 2.24) is 10.2 Å². The number of amides is 1. The minimum atomic E-state index is 0.255. The molecule has 1 rings (SSSR count). The van der Waals surface area contributed by atoms with E-state index in [0.29, 0.717) is 11.8 Å². The van der Waals surface area contributed by atoms with Gasteiger partial charge in [0, 0.05) is 11.8 Å². The van der Waals surface area contributed by atoms with Crippen LogP contribution in [0.4, 0.5) is 0 Å². The molecule has 1 N–H and O–H groups in total. The fourth-order valence-corrected chi connectivity index (χ4v) is 2.02. The van der Waals surface area contributed by atoms with E-state index in [-0.39, 0.29) is 12.1 Å². The number of nitrogens with one attached hydrogen (secondary N) is 1. The summed E-state index contributed by atoms with van der Waals surface area (Å²) < 4.78 is 0. The summed E-state index contributed by atoms with van der Waals surface area (Å²) in [7, 11) is 0. The average molecular weight is 216 g/mol. The Kier molecular flexibility index (Phi) is 4.75. The fourth-order valence-electron chi connectivity index (χ4n) is 1.67. The second kappa shape index (κ2) is 5.61. The molecule has 0 bridgehead atoms. The van der Waals surface area contributed by atoms with Gasteiger partial charge >= 0.3 is 0 Å². The molecular weight excluding hydrogens is 196 g/mol. The molecule has 0 aliphatic carbocycles. The third-order valence-electron chi connectivity index (χ3n) is 2.75. The Hall–Kier alpha value is -0.220. The van der Waals surface area contributed by atoms with Crippen molar-refractivity contribution in [2.75, 3.05) is 19.3 Å². The molecule has 1 saturated heterocycles. The van der Waals surface area contributed by atoms with Gasteiger partial charge in [-0.25, -0.2) is 0 Å². The predicted octanol–water partition coefficient (Wildman–Crippen LogP) is 1.30. The summed E-state index contributed by atoms with van der Waals surface area (Å²) in [6.07, 6.45) is 4.48. The lowest BCUT2D eigenvalue weighted by Crippen LogP contribution is -2.38. The molecule has 0 aromatic carbocycles. The second-order valence-corrected chi connectivity index (χ2v) is 5.00. The third-order valence-corrected chi connectivity index (χ3v) is 3.79. The molecule has 2 atom stereocenters. The highest BCUT2D eigenvalue weighted by Gasteiger charge is 2.28. The van der Waals surface area contributed by atoms with Crippen molar-refractivity contribution in [3.05, 3.63) is 0 Å². The summed E-state index contributed by atoms with van der Waals surface area (Å²) in [5, 5.41) is 3.86. The van der Waals surface area contributed by atoms with Crippen LogP contribution in [0.2, 0.25) is 0 Å². The van der Waals surface area contributed by atoms with E-state index >= 15 is 0 Å². The van der Waals surface area contributed by atoms with Gasteiger partial charge in [-0.05, 0) is 19.1 Å². The first kappa shape index (κ1) is 11.9. The molecule has 0 aromatic rings. The fraction of sp³-hybridized carbons (Fsp3) is 0.900. The van der Waals surface area contributed by atoms with Crippen molar-refractivity contribution < 1.29 is 4.79 Å². The Bertz CT molecular complexity index is 199. The van der Waals surface area contributed by atoms with Crippen molar-refractivity contribution in [3.63, 3.8) is 0 Å². The van der Waals surface area contributed by atoms with E-state index in [0.717, 1.165) is 19.4 Å². The number of nitrogens with zero attached hydrogens (tertiary/aromatic N) is 1. The topological polar surface area (TPSA) is 32.3 Å². The van der Waals surface area contributed by atoms with Gasteiger partial charge < -0.3 is 4.90 Å². The van der Waals surface area contributed by atoms with Gasteiger partial charge in [0.15, 0.2) is 0 Å². The molecule has 1 aliphatic heterocycles. The van der Waals surface area contributed by atoms with Gasteiger partial charge in [-0.2, -0.15) is 11.8 Å². The zero-order valence-electron chi connectivity index (χ0n) is 9.25. The molecule has 0 aromatic heterocycles. The Morgan fingerprint density at radius 2 is 2.43 bits per heavy atom. The molecule has 1 aliphatic rings. The molecule has 2 unspecified atom stereocenters. The first-order valence-electron chi connectivity index (χ1n) is 5.24. The lowest BCUT2D eigenvalue weighted by molar-refractivity contribution is -0.128. The SMILES string of the molecule is CCC1NCC(=O)N1CCC(C)SC. The summed E-state index contributed by atoms with van der Waals surface area (Å²) in [4.78, 5) is 13.5. The van der Waals surface area contributed by atoms with Gasteiger partial charge in [-0.1, -0.05) is 13.8 Å². The number of hydrogen-bond acceptors (Lipinski definition) is 3. The Morgan fingerprint density at radius 3 is 3.00 bits per heavy atom. The Labute approximate surface area is 90.6 Å². The smallest absolute Gasteiger partial charge is 0.237 e. The molecule has 1 amide bonds. The summed E-state index contributed by atoms with van der Waals surface area (Å²) >= 11 is 1.86. The molecule has 3 nitrogen and oxygen atoms in total. The average Bonchev–Trinajstić information content (AvgIpc) is 2.55. The van der Waals surface area contributed by atoms with E-state index in [2.05, 4.69) is 25.4 Å². The van der Waals surface area contributed by atoms with Crippen LogP contribution in [0.15, 0.2) is 0 Å².